The van der Waals surface area contributed by atoms with Crippen LogP contribution in [0.15, 0.2) is 5.18 Å². The second kappa shape index (κ2) is 3.88. The van der Waals surface area contributed by atoms with E-state index in [4.69, 9.17) is 0 Å². The molecule has 6 aliphatic carbocycles. The standard InChI is InChI=1S/C22H33NO2/c1-10-11(2)22-7-6-13(22)17(19(3,4)23-25)16-12(9-24)15-14-8-21(14,15)18(10)20(16,22)5/h10-18,24H,6-9H2,1-5H3/t10-,11-,12?,13+,14+,15-,16-,17?,18?,20-,21+,22+/m0/s1. The fourth-order valence-electron chi connectivity index (χ4n) is 11.0. The van der Waals surface area contributed by atoms with Gasteiger partial charge >= 0.3 is 0 Å². The smallest absolute Gasteiger partial charge is 0.100 e. The molecule has 6 fully saturated rings. The highest BCUT2D eigenvalue weighted by Gasteiger charge is 2.95. The van der Waals surface area contributed by atoms with E-state index in [-0.39, 0.29) is 0 Å². The van der Waals surface area contributed by atoms with Crippen LogP contribution in [0.4, 0.5) is 0 Å². The molecule has 6 saturated carbocycles. The molecule has 3 heteroatoms. The van der Waals surface area contributed by atoms with Crippen LogP contribution in [0, 0.1) is 74.4 Å². The molecule has 0 aromatic carbocycles. The Labute approximate surface area is 151 Å². The number of rotatable bonds is 3. The Balaban J connectivity index is 1.60. The number of hydrogen-bond donors (Lipinski definition) is 1. The van der Waals surface area contributed by atoms with Gasteiger partial charge in [0.15, 0.2) is 0 Å². The van der Waals surface area contributed by atoms with Crippen molar-refractivity contribution in [2.24, 2.45) is 74.7 Å². The Bertz CT molecular complexity index is 690. The summed E-state index contributed by atoms with van der Waals surface area (Å²) in [5.41, 5.74) is 0.817. The van der Waals surface area contributed by atoms with Crippen molar-refractivity contribution in [1.82, 2.24) is 0 Å². The van der Waals surface area contributed by atoms with Gasteiger partial charge in [-0.15, -0.1) is 0 Å². The van der Waals surface area contributed by atoms with Crippen LogP contribution in [0.5, 0.6) is 0 Å². The number of hydrogen-bond acceptors (Lipinski definition) is 3. The van der Waals surface area contributed by atoms with E-state index in [0.29, 0.717) is 46.5 Å². The molecule has 0 saturated heterocycles. The van der Waals surface area contributed by atoms with Crippen molar-refractivity contribution in [3.05, 3.63) is 4.91 Å². The van der Waals surface area contributed by atoms with Gasteiger partial charge in [-0.2, -0.15) is 4.91 Å². The van der Waals surface area contributed by atoms with Crippen LogP contribution in [-0.4, -0.2) is 17.3 Å². The molecular weight excluding hydrogens is 310 g/mol. The van der Waals surface area contributed by atoms with Crippen molar-refractivity contribution in [3.8, 4) is 0 Å². The lowest BCUT2D eigenvalue weighted by Crippen LogP contribution is -2.53. The quantitative estimate of drug-likeness (QED) is 0.775. The van der Waals surface area contributed by atoms with E-state index in [1.54, 1.807) is 0 Å². The summed E-state index contributed by atoms with van der Waals surface area (Å²) in [7, 11) is 0. The monoisotopic (exact) mass is 343 g/mol. The summed E-state index contributed by atoms with van der Waals surface area (Å²) in [5, 5.41) is 14.1. The Kier molecular flexibility index (Phi) is 2.42. The van der Waals surface area contributed by atoms with E-state index in [2.05, 4.69) is 39.8 Å². The first-order chi connectivity index (χ1) is 11.7. The summed E-state index contributed by atoms with van der Waals surface area (Å²) in [6.45, 7) is 12.2. The van der Waals surface area contributed by atoms with Gasteiger partial charge in [0, 0.05) is 6.61 Å². The highest BCUT2D eigenvalue weighted by molar-refractivity contribution is 5.42. The fraction of sp³-hybridized carbons (Fsp3) is 1.00. The average Bonchev–Trinajstić information content (AvgIpc) is 3.37. The van der Waals surface area contributed by atoms with Gasteiger partial charge in [-0.1, -0.05) is 25.9 Å². The molecule has 6 rings (SSSR count). The first-order valence-electron chi connectivity index (χ1n) is 10.7. The Hall–Kier alpha value is -0.440. The predicted molar refractivity (Wildman–Crippen MR) is 96.5 cm³/mol. The summed E-state index contributed by atoms with van der Waals surface area (Å²) >= 11 is 0. The number of aliphatic hydroxyl groups is 1. The van der Waals surface area contributed by atoms with Crippen LogP contribution in [0.3, 0.4) is 0 Å². The molecule has 2 spiro atoms. The molecule has 0 heterocycles. The van der Waals surface area contributed by atoms with Gasteiger partial charge in [0.25, 0.3) is 0 Å². The summed E-state index contributed by atoms with van der Waals surface area (Å²) < 4.78 is 0. The SMILES string of the molecule is C[C@@H]1C2[C@]34C[C@@H]3[C@@H]4C(CO)[C@H]3C(C(C)(C)N=O)[C@H]4CC[C@]4([C@H]1C)[C@]23C. The van der Waals surface area contributed by atoms with Crippen molar-refractivity contribution in [2.75, 3.05) is 6.61 Å². The van der Waals surface area contributed by atoms with Gasteiger partial charge < -0.3 is 5.11 Å². The third-order valence-corrected chi connectivity index (χ3v) is 11.6. The van der Waals surface area contributed by atoms with Crippen LogP contribution in [-0.2, 0) is 0 Å². The van der Waals surface area contributed by atoms with Crippen LogP contribution in [0.2, 0.25) is 0 Å². The summed E-state index contributed by atoms with van der Waals surface area (Å²) in [5.74, 6) is 5.98. The van der Waals surface area contributed by atoms with Crippen LogP contribution >= 0.6 is 0 Å². The topological polar surface area (TPSA) is 49.7 Å². The molecule has 6 aliphatic rings. The number of nitrogens with zero attached hydrogens (tertiary/aromatic N) is 1. The number of nitroso groups, excluding NO2 is 1. The first-order valence-corrected chi connectivity index (χ1v) is 10.7. The molecule has 1 N–H and O–H groups in total. The van der Waals surface area contributed by atoms with Crippen molar-refractivity contribution < 1.29 is 5.11 Å². The van der Waals surface area contributed by atoms with Gasteiger partial charge in [0.05, 0.1) is 0 Å². The molecule has 12 atom stereocenters. The van der Waals surface area contributed by atoms with E-state index in [1.807, 2.05) is 0 Å². The Morgan fingerprint density at radius 3 is 2.44 bits per heavy atom. The van der Waals surface area contributed by atoms with Crippen LogP contribution in [0.1, 0.15) is 53.9 Å². The predicted octanol–water partition coefficient (Wildman–Crippen LogP) is 4.34. The third-order valence-electron chi connectivity index (χ3n) is 11.6. The molecule has 0 radical (unpaired) electrons. The van der Waals surface area contributed by atoms with E-state index < -0.39 is 5.54 Å². The lowest BCUT2D eigenvalue weighted by Gasteiger charge is -2.58. The molecule has 0 amide bonds. The third kappa shape index (κ3) is 1.17. The summed E-state index contributed by atoms with van der Waals surface area (Å²) in [4.78, 5) is 11.9. The molecule has 0 bridgehead atoms. The maximum Gasteiger partial charge on any atom is 0.100 e. The van der Waals surface area contributed by atoms with Crippen LogP contribution < -0.4 is 0 Å². The van der Waals surface area contributed by atoms with Gasteiger partial charge in [0.2, 0.25) is 0 Å². The van der Waals surface area contributed by atoms with Gasteiger partial charge in [-0.3, -0.25) is 0 Å². The molecule has 0 aromatic rings. The molecular formula is C22H33NO2. The molecule has 3 nitrogen and oxygen atoms in total. The number of aliphatic hydroxyl groups excluding tert-OH is 1. The van der Waals surface area contributed by atoms with E-state index in [0.717, 1.165) is 29.6 Å². The van der Waals surface area contributed by atoms with Gasteiger partial charge in [-0.05, 0) is 103 Å². The van der Waals surface area contributed by atoms with Crippen molar-refractivity contribution in [1.29, 1.82) is 0 Å². The second-order valence-corrected chi connectivity index (χ2v) is 11.7. The Morgan fingerprint density at radius 1 is 1.20 bits per heavy atom. The summed E-state index contributed by atoms with van der Waals surface area (Å²) in [6, 6.07) is 0. The normalized spacial score (nSPS) is 68.3. The van der Waals surface area contributed by atoms with Crippen molar-refractivity contribution in [2.45, 2.75) is 59.4 Å². The zero-order valence-electron chi connectivity index (χ0n) is 16.3. The molecule has 138 valence electrons. The highest BCUT2D eigenvalue weighted by Crippen LogP contribution is 2.99. The lowest BCUT2D eigenvalue weighted by molar-refractivity contribution is -0.111. The van der Waals surface area contributed by atoms with E-state index in [9.17, 15) is 10.0 Å². The zero-order valence-corrected chi connectivity index (χ0v) is 16.3. The highest BCUT2D eigenvalue weighted by atomic mass is 16.3. The molecule has 25 heavy (non-hydrogen) atoms. The van der Waals surface area contributed by atoms with Gasteiger partial charge in [-0.25, -0.2) is 0 Å². The molecule has 0 aliphatic heterocycles. The van der Waals surface area contributed by atoms with Crippen molar-refractivity contribution >= 4 is 0 Å². The minimum absolute atomic E-state index is 0.316. The minimum atomic E-state index is -0.499. The Morgan fingerprint density at radius 2 is 1.92 bits per heavy atom. The maximum atomic E-state index is 11.9. The second-order valence-electron chi connectivity index (χ2n) is 11.7. The van der Waals surface area contributed by atoms with E-state index >= 15 is 0 Å². The van der Waals surface area contributed by atoms with Crippen LogP contribution in [0.25, 0.3) is 0 Å². The largest absolute Gasteiger partial charge is 0.396 e. The van der Waals surface area contributed by atoms with Gasteiger partial charge in [0.1, 0.15) is 5.54 Å². The molecule has 3 unspecified atom stereocenters. The first kappa shape index (κ1) is 15.6. The zero-order chi connectivity index (χ0) is 17.7. The van der Waals surface area contributed by atoms with E-state index in [1.165, 1.54) is 19.3 Å². The minimum Gasteiger partial charge on any atom is -0.396 e. The molecule has 0 aromatic heterocycles. The van der Waals surface area contributed by atoms with Crippen molar-refractivity contribution in [3.63, 3.8) is 0 Å². The fourth-order valence-corrected chi connectivity index (χ4v) is 11.0. The maximum absolute atomic E-state index is 11.9. The summed E-state index contributed by atoms with van der Waals surface area (Å²) in [6.07, 6.45) is 4.05. The lowest BCUT2D eigenvalue weighted by atomic mass is 9.46. The number of fused-ring (bicyclic) bond motifs is 1. The average molecular weight is 344 g/mol.